The van der Waals surface area contributed by atoms with Crippen LogP contribution in [0.1, 0.15) is 31.1 Å². The highest BCUT2D eigenvalue weighted by atomic mass is 127. The highest BCUT2D eigenvalue weighted by Crippen LogP contribution is 2.22. The van der Waals surface area contributed by atoms with Crippen LogP contribution in [0.15, 0.2) is 12.1 Å². The van der Waals surface area contributed by atoms with Crippen molar-refractivity contribution in [1.29, 1.82) is 0 Å². The molecule has 0 amide bonds. The molecule has 16 heavy (non-hydrogen) atoms. The Hall–Kier alpha value is -0.850. The van der Waals surface area contributed by atoms with Crippen LogP contribution in [0, 0.1) is 9.39 Å². The van der Waals surface area contributed by atoms with E-state index in [2.05, 4.69) is 0 Å². The molecule has 0 unspecified atom stereocenters. The van der Waals surface area contributed by atoms with E-state index >= 15 is 0 Å². The maximum Gasteiger partial charge on any atom is 0.338 e. The Morgan fingerprint density at radius 2 is 2.00 bits per heavy atom. The van der Waals surface area contributed by atoms with Crippen LogP contribution in [0.2, 0.25) is 0 Å². The first kappa shape index (κ1) is 13.2. The number of nitrogen functional groups attached to an aromatic ring is 1. The molecule has 3 nitrogen and oxygen atoms in total. The molecule has 1 rings (SSSR count). The molecule has 1 aromatic carbocycles. The minimum absolute atomic E-state index is 0.0490. The second kappa shape index (κ2) is 4.57. The van der Waals surface area contributed by atoms with Gasteiger partial charge in [-0.15, -0.1) is 0 Å². The normalized spacial score (nSPS) is 11.3. The fourth-order valence-corrected chi connectivity index (χ4v) is 1.63. The van der Waals surface area contributed by atoms with Crippen molar-refractivity contribution in [3.63, 3.8) is 0 Å². The lowest BCUT2D eigenvalue weighted by atomic mass is 10.1. The quantitative estimate of drug-likeness (QED) is 0.487. The zero-order chi connectivity index (χ0) is 12.5. The largest absolute Gasteiger partial charge is 0.456 e. The number of carbonyl (C=O) groups excluding carboxylic acids is 1. The second-order valence-corrected chi connectivity index (χ2v) is 5.52. The van der Waals surface area contributed by atoms with Gasteiger partial charge in [0.2, 0.25) is 0 Å². The number of ether oxygens (including phenoxy) is 1. The smallest absolute Gasteiger partial charge is 0.338 e. The van der Waals surface area contributed by atoms with Gasteiger partial charge in [-0.3, -0.25) is 0 Å². The van der Waals surface area contributed by atoms with Gasteiger partial charge < -0.3 is 10.5 Å². The number of nitrogens with two attached hydrogens (primary N) is 1. The lowest BCUT2D eigenvalue weighted by Crippen LogP contribution is -2.24. The molecule has 1 aromatic rings. The van der Waals surface area contributed by atoms with Crippen molar-refractivity contribution in [3.05, 3.63) is 27.1 Å². The van der Waals surface area contributed by atoms with Crippen molar-refractivity contribution in [2.45, 2.75) is 26.4 Å². The maximum atomic E-state index is 13.3. The van der Waals surface area contributed by atoms with E-state index in [1.54, 1.807) is 20.8 Å². The summed E-state index contributed by atoms with van der Waals surface area (Å²) in [7, 11) is 0. The van der Waals surface area contributed by atoms with Crippen LogP contribution >= 0.6 is 22.6 Å². The lowest BCUT2D eigenvalue weighted by molar-refractivity contribution is 0.00690. The average molecular weight is 337 g/mol. The third-order valence-corrected chi connectivity index (χ3v) is 2.61. The topological polar surface area (TPSA) is 52.3 Å². The van der Waals surface area contributed by atoms with Crippen molar-refractivity contribution in [1.82, 2.24) is 0 Å². The van der Waals surface area contributed by atoms with Gasteiger partial charge in [0.1, 0.15) is 11.4 Å². The Balaban J connectivity index is 3.02. The molecule has 5 heteroatoms. The minimum Gasteiger partial charge on any atom is -0.456 e. The fraction of sp³-hybridized carbons (Fsp3) is 0.364. The molecule has 0 aliphatic carbocycles. The van der Waals surface area contributed by atoms with Gasteiger partial charge in [0, 0.05) is 3.57 Å². The standard InChI is InChI=1S/C11H13FINO2/c1-11(2,3)16-10(15)6-4-7(12)9(14)8(13)5-6/h4-5H,14H2,1-3H3. The van der Waals surface area contributed by atoms with Crippen LogP contribution in [-0.4, -0.2) is 11.6 Å². The van der Waals surface area contributed by atoms with E-state index in [1.165, 1.54) is 6.07 Å². The number of esters is 1. The summed E-state index contributed by atoms with van der Waals surface area (Å²) in [5, 5.41) is 0. The lowest BCUT2D eigenvalue weighted by Gasteiger charge is -2.19. The van der Waals surface area contributed by atoms with E-state index in [4.69, 9.17) is 10.5 Å². The van der Waals surface area contributed by atoms with E-state index in [1.807, 2.05) is 22.6 Å². The fourth-order valence-electron chi connectivity index (χ4n) is 1.04. The van der Waals surface area contributed by atoms with Gasteiger partial charge in [-0.25, -0.2) is 9.18 Å². The van der Waals surface area contributed by atoms with Crippen LogP contribution in [0.25, 0.3) is 0 Å². The van der Waals surface area contributed by atoms with Crippen LogP contribution in [0.3, 0.4) is 0 Å². The summed E-state index contributed by atoms with van der Waals surface area (Å²) in [6.07, 6.45) is 0. The Labute approximate surface area is 107 Å². The van der Waals surface area contributed by atoms with E-state index in [0.717, 1.165) is 6.07 Å². The molecular weight excluding hydrogens is 324 g/mol. The van der Waals surface area contributed by atoms with Crippen molar-refractivity contribution in [2.75, 3.05) is 5.73 Å². The molecule has 0 atom stereocenters. The van der Waals surface area contributed by atoms with Crippen LogP contribution < -0.4 is 5.73 Å². The molecule has 88 valence electrons. The zero-order valence-electron chi connectivity index (χ0n) is 9.30. The van der Waals surface area contributed by atoms with Crippen molar-refractivity contribution in [2.24, 2.45) is 0 Å². The van der Waals surface area contributed by atoms with Gasteiger partial charge in [-0.2, -0.15) is 0 Å². The van der Waals surface area contributed by atoms with Gasteiger partial charge in [0.15, 0.2) is 0 Å². The summed E-state index contributed by atoms with van der Waals surface area (Å²) in [4.78, 5) is 11.6. The third-order valence-electron chi connectivity index (χ3n) is 1.71. The molecular formula is C11H13FINO2. The monoisotopic (exact) mass is 337 g/mol. The van der Waals surface area contributed by atoms with E-state index in [9.17, 15) is 9.18 Å². The molecule has 0 aliphatic heterocycles. The minimum atomic E-state index is -0.604. The molecule has 2 N–H and O–H groups in total. The van der Waals surface area contributed by atoms with Gasteiger partial charge in [-0.1, -0.05) is 0 Å². The van der Waals surface area contributed by atoms with Gasteiger partial charge in [0.05, 0.1) is 11.3 Å². The first-order valence-electron chi connectivity index (χ1n) is 4.68. The highest BCUT2D eigenvalue weighted by Gasteiger charge is 2.19. The zero-order valence-corrected chi connectivity index (χ0v) is 11.5. The number of benzene rings is 1. The highest BCUT2D eigenvalue weighted by molar-refractivity contribution is 14.1. The van der Waals surface area contributed by atoms with Crippen LogP contribution in [0.5, 0.6) is 0 Å². The van der Waals surface area contributed by atoms with Gasteiger partial charge >= 0.3 is 5.97 Å². The first-order valence-corrected chi connectivity index (χ1v) is 5.76. The second-order valence-electron chi connectivity index (χ2n) is 4.36. The number of carbonyl (C=O) groups is 1. The summed E-state index contributed by atoms with van der Waals surface area (Å²) in [5.74, 6) is -1.16. The Kier molecular flexibility index (Phi) is 3.77. The predicted octanol–water partition coefficient (Wildman–Crippen LogP) is 2.97. The van der Waals surface area contributed by atoms with Gasteiger partial charge in [-0.05, 0) is 55.5 Å². The van der Waals surface area contributed by atoms with E-state index in [0.29, 0.717) is 3.57 Å². The molecule has 0 heterocycles. The van der Waals surface area contributed by atoms with E-state index in [-0.39, 0.29) is 11.3 Å². The number of hydrogen-bond donors (Lipinski definition) is 1. The molecule has 0 bridgehead atoms. The third kappa shape index (κ3) is 3.33. The molecule has 0 aliphatic rings. The summed E-state index contributed by atoms with van der Waals surface area (Å²) in [6.45, 7) is 5.26. The summed E-state index contributed by atoms with van der Waals surface area (Å²) >= 11 is 1.87. The number of halogens is 2. The summed E-state index contributed by atoms with van der Waals surface area (Å²) < 4.78 is 18.9. The number of anilines is 1. The number of hydrogen-bond acceptors (Lipinski definition) is 3. The number of rotatable bonds is 1. The molecule has 0 saturated carbocycles. The SMILES string of the molecule is CC(C)(C)OC(=O)c1cc(F)c(N)c(I)c1. The molecule has 0 aromatic heterocycles. The Bertz CT molecular complexity index is 403. The Morgan fingerprint density at radius 1 is 1.44 bits per heavy atom. The summed E-state index contributed by atoms with van der Waals surface area (Å²) in [6, 6.07) is 2.60. The Morgan fingerprint density at radius 3 is 2.44 bits per heavy atom. The summed E-state index contributed by atoms with van der Waals surface area (Å²) in [5.41, 5.74) is 5.07. The van der Waals surface area contributed by atoms with E-state index < -0.39 is 17.4 Å². The van der Waals surface area contributed by atoms with Crippen LogP contribution in [0.4, 0.5) is 10.1 Å². The predicted molar refractivity (Wildman–Crippen MR) is 68.7 cm³/mol. The van der Waals surface area contributed by atoms with Crippen molar-refractivity contribution >= 4 is 34.2 Å². The first-order chi connectivity index (χ1) is 7.20. The molecule has 0 spiro atoms. The van der Waals surface area contributed by atoms with Crippen molar-refractivity contribution in [3.8, 4) is 0 Å². The molecule has 0 saturated heterocycles. The maximum absolute atomic E-state index is 13.3. The van der Waals surface area contributed by atoms with Crippen molar-refractivity contribution < 1.29 is 13.9 Å². The molecule has 0 fully saturated rings. The average Bonchev–Trinajstić information content (AvgIpc) is 2.10. The molecule has 0 radical (unpaired) electrons. The van der Waals surface area contributed by atoms with Gasteiger partial charge in [0.25, 0.3) is 0 Å². The van der Waals surface area contributed by atoms with Crippen LogP contribution in [-0.2, 0) is 4.74 Å².